The molecule has 1 unspecified atom stereocenters. The third-order valence-electron chi connectivity index (χ3n) is 0.741. The largest absolute Gasteiger partial charge is 0.449 e. The molecule has 0 aromatic carbocycles. The Hall–Kier alpha value is -0.560. The lowest BCUT2D eigenvalue weighted by Gasteiger charge is -1.78. The van der Waals surface area contributed by atoms with Crippen LogP contribution in [-0.2, 0) is 10.7 Å². The van der Waals surface area contributed by atoms with Crippen molar-refractivity contribution in [1.29, 1.82) is 0 Å². The van der Waals surface area contributed by atoms with E-state index >= 15 is 0 Å². The van der Waals surface area contributed by atoms with Gasteiger partial charge < -0.3 is 8.98 Å². The van der Waals surface area contributed by atoms with Crippen molar-refractivity contribution in [3.05, 3.63) is 18.4 Å². The molecule has 0 spiro atoms. The van der Waals surface area contributed by atoms with Crippen molar-refractivity contribution < 1.29 is 8.98 Å². The first kappa shape index (κ1) is 5.57. The molecule has 4 heteroatoms. The van der Waals surface area contributed by atoms with Gasteiger partial charge >= 0.3 is 0 Å². The lowest BCUT2D eigenvalue weighted by Crippen LogP contribution is -1.70. The van der Waals surface area contributed by atoms with Crippen molar-refractivity contribution in [3.63, 3.8) is 0 Å². The zero-order chi connectivity index (χ0) is 5.82. The summed E-state index contributed by atoms with van der Waals surface area (Å²) >= 11 is 0. The summed E-state index contributed by atoms with van der Waals surface area (Å²) in [6.07, 6.45) is 3.50. The quantitative estimate of drug-likeness (QED) is 0.560. The SMILES string of the molecule is O=[PH2]Cc1ncco1. The molecular weight excluding hydrogens is 125 g/mol. The van der Waals surface area contributed by atoms with Gasteiger partial charge in [0.25, 0.3) is 0 Å². The van der Waals surface area contributed by atoms with E-state index in [1.54, 1.807) is 6.20 Å². The summed E-state index contributed by atoms with van der Waals surface area (Å²) in [6.45, 7) is 0. The molecule has 0 bridgehead atoms. The Labute approximate surface area is 47.9 Å². The van der Waals surface area contributed by atoms with Gasteiger partial charge in [0.15, 0.2) is 0 Å². The standard InChI is InChI=1S/C4H6NO2P/c6-8-3-4-5-1-2-7-4/h1-2H,3,8H2. The molecule has 0 fully saturated rings. The lowest BCUT2D eigenvalue weighted by atomic mass is 10.8. The molecule has 1 heterocycles. The van der Waals surface area contributed by atoms with Gasteiger partial charge in [0.1, 0.15) is 6.26 Å². The van der Waals surface area contributed by atoms with Crippen LogP contribution in [0.2, 0.25) is 0 Å². The third-order valence-corrected chi connectivity index (χ3v) is 1.26. The summed E-state index contributed by atoms with van der Waals surface area (Å²) in [4.78, 5) is 3.76. The Bertz CT molecular complexity index is 161. The molecule has 1 rings (SSSR count). The lowest BCUT2D eigenvalue weighted by molar-refractivity contribution is 0.512. The van der Waals surface area contributed by atoms with Crippen molar-refractivity contribution >= 4 is 8.46 Å². The predicted molar refractivity (Wildman–Crippen MR) is 30.6 cm³/mol. The Balaban J connectivity index is 2.62. The first-order chi connectivity index (χ1) is 3.93. The van der Waals surface area contributed by atoms with Crippen molar-refractivity contribution in [2.75, 3.05) is 0 Å². The van der Waals surface area contributed by atoms with E-state index in [0.717, 1.165) is 0 Å². The highest BCUT2D eigenvalue weighted by Gasteiger charge is 1.90. The molecule has 3 nitrogen and oxygen atoms in total. The maximum absolute atomic E-state index is 9.98. The summed E-state index contributed by atoms with van der Waals surface area (Å²) in [6, 6.07) is 0. The van der Waals surface area contributed by atoms with Crippen LogP contribution in [0.3, 0.4) is 0 Å². The normalized spacial score (nSPS) is 11.0. The van der Waals surface area contributed by atoms with Crippen molar-refractivity contribution in [2.45, 2.75) is 6.16 Å². The van der Waals surface area contributed by atoms with Crippen LogP contribution in [0, 0.1) is 0 Å². The molecule has 44 valence electrons. The van der Waals surface area contributed by atoms with E-state index in [4.69, 9.17) is 4.42 Å². The zero-order valence-electron chi connectivity index (χ0n) is 4.20. The van der Waals surface area contributed by atoms with Gasteiger partial charge in [0.2, 0.25) is 5.89 Å². The molecule has 1 aromatic heterocycles. The van der Waals surface area contributed by atoms with Gasteiger partial charge in [0, 0.05) is 0 Å². The first-order valence-electron chi connectivity index (χ1n) is 2.25. The van der Waals surface area contributed by atoms with Crippen molar-refractivity contribution in [2.24, 2.45) is 0 Å². The van der Waals surface area contributed by atoms with E-state index in [0.29, 0.717) is 12.1 Å². The highest BCUT2D eigenvalue weighted by atomic mass is 31.1. The Morgan fingerprint density at radius 1 is 1.88 bits per heavy atom. The van der Waals surface area contributed by atoms with Gasteiger partial charge in [-0.25, -0.2) is 4.98 Å². The molecule has 0 radical (unpaired) electrons. The molecule has 1 atom stereocenters. The highest BCUT2D eigenvalue weighted by molar-refractivity contribution is 7.22. The Kier molecular flexibility index (Phi) is 1.86. The second-order valence-corrected chi connectivity index (χ2v) is 2.04. The minimum absolute atomic E-state index is 0.479. The summed E-state index contributed by atoms with van der Waals surface area (Å²) in [5, 5.41) is 0. The highest BCUT2D eigenvalue weighted by Crippen LogP contribution is 2.04. The zero-order valence-corrected chi connectivity index (χ0v) is 5.36. The average molecular weight is 131 g/mol. The van der Waals surface area contributed by atoms with Crippen molar-refractivity contribution in [3.8, 4) is 0 Å². The summed E-state index contributed by atoms with van der Waals surface area (Å²) in [5.41, 5.74) is 0. The number of aromatic nitrogens is 1. The van der Waals surface area contributed by atoms with Crippen molar-refractivity contribution in [1.82, 2.24) is 4.98 Å². The van der Waals surface area contributed by atoms with Crippen LogP contribution in [0.4, 0.5) is 0 Å². The fourth-order valence-electron chi connectivity index (χ4n) is 0.425. The van der Waals surface area contributed by atoms with Crippen LogP contribution < -0.4 is 0 Å². The topological polar surface area (TPSA) is 43.1 Å². The van der Waals surface area contributed by atoms with E-state index in [1.807, 2.05) is 0 Å². The fourth-order valence-corrected chi connectivity index (χ4v) is 0.769. The second kappa shape index (κ2) is 2.68. The van der Waals surface area contributed by atoms with Gasteiger partial charge in [0.05, 0.1) is 20.8 Å². The monoisotopic (exact) mass is 131 g/mol. The van der Waals surface area contributed by atoms with E-state index in [9.17, 15) is 4.57 Å². The first-order valence-corrected chi connectivity index (χ1v) is 3.54. The maximum Gasteiger partial charge on any atom is 0.200 e. The van der Waals surface area contributed by atoms with Crippen LogP contribution >= 0.6 is 8.46 Å². The molecule has 0 N–H and O–H groups in total. The summed E-state index contributed by atoms with van der Waals surface area (Å²) in [7, 11) is -0.758. The molecule has 8 heavy (non-hydrogen) atoms. The Morgan fingerprint density at radius 3 is 3.25 bits per heavy atom. The number of oxazole rings is 1. The van der Waals surface area contributed by atoms with Gasteiger partial charge in [-0.05, 0) is 0 Å². The predicted octanol–water partition coefficient (Wildman–Crippen LogP) is 0.931. The number of hydrogen-bond acceptors (Lipinski definition) is 3. The van der Waals surface area contributed by atoms with E-state index in [-0.39, 0.29) is 0 Å². The second-order valence-electron chi connectivity index (χ2n) is 1.30. The smallest absolute Gasteiger partial charge is 0.200 e. The number of rotatable bonds is 2. The van der Waals surface area contributed by atoms with Crippen LogP contribution in [-0.4, -0.2) is 4.98 Å². The van der Waals surface area contributed by atoms with Gasteiger partial charge in [-0.3, -0.25) is 0 Å². The van der Waals surface area contributed by atoms with Gasteiger partial charge in [-0.2, -0.15) is 0 Å². The molecule has 0 aliphatic carbocycles. The van der Waals surface area contributed by atoms with Crippen LogP contribution in [0.15, 0.2) is 16.9 Å². The van der Waals surface area contributed by atoms with E-state index in [1.165, 1.54) is 6.26 Å². The molecule has 0 saturated carbocycles. The molecular formula is C4H6NO2P. The van der Waals surface area contributed by atoms with Crippen LogP contribution in [0.5, 0.6) is 0 Å². The summed E-state index contributed by atoms with van der Waals surface area (Å²) < 4.78 is 14.8. The molecule has 0 aliphatic heterocycles. The summed E-state index contributed by atoms with van der Waals surface area (Å²) in [5.74, 6) is 0.565. The van der Waals surface area contributed by atoms with Crippen LogP contribution in [0.1, 0.15) is 5.89 Å². The molecule has 0 amide bonds. The minimum Gasteiger partial charge on any atom is -0.449 e. The number of hydrogen-bond donors (Lipinski definition) is 0. The molecule has 1 aromatic rings. The number of nitrogens with zero attached hydrogens (tertiary/aromatic N) is 1. The van der Waals surface area contributed by atoms with E-state index < -0.39 is 8.46 Å². The fraction of sp³-hybridized carbons (Fsp3) is 0.250. The Morgan fingerprint density at radius 2 is 2.75 bits per heavy atom. The average Bonchev–Trinajstić information content (AvgIpc) is 2.19. The van der Waals surface area contributed by atoms with Gasteiger partial charge in [-0.1, -0.05) is 0 Å². The van der Waals surface area contributed by atoms with Gasteiger partial charge in [-0.15, -0.1) is 0 Å². The van der Waals surface area contributed by atoms with Crippen LogP contribution in [0.25, 0.3) is 0 Å². The minimum atomic E-state index is -0.758. The third kappa shape index (κ3) is 1.20. The maximum atomic E-state index is 9.98. The van der Waals surface area contributed by atoms with E-state index in [2.05, 4.69) is 4.98 Å². The molecule has 0 saturated heterocycles. The molecule has 0 aliphatic rings.